The molecule has 0 radical (unpaired) electrons. The minimum Gasteiger partial charge on any atom is -0.455 e. The van der Waals surface area contributed by atoms with Gasteiger partial charge in [0.25, 0.3) is 0 Å². The second-order valence-electron chi connectivity index (χ2n) is 7.49. The molecule has 0 saturated heterocycles. The maximum atomic E-state index is 12.3. The molecule has 0 bridgehead atoms. The van der Waals surface area contributed by atoms with E-state index in [1.165, 1.54) is 63.1 Å². The van der Waals surface area contributed by atoms with Crippen LogP contribution in [0.5, 0.6) is 0 Å². The number of carbonyl (C=O) groups is 1. The first kappa shape index (κ1) is 27.2. The third-order valence-corrected chi connectivity index (χ3v) is 5.96. The van der Waals surface area contributed by atoms with Gasteiger partial charge in [-0.3, -0.25) is 4.79 Å². The van der Waals surface area contributed by atoms with Crippen molar-refractivity contribution in [2.75, 3.05) is 6.61 Å². The molecule has 162 valence electrons. The average Bonchev–Trinajstić information content (AvgIpc) is 2.63. The predicted octanol–water partition coefficient (Wildman–Crippen LogP) is 6.70. The van der Waals surface area contributed by atoms with Gasteiger partial charge in [-0.15, -0.1) is 11.8 Å². The summed E-state index contributed by atoms with van der Waals surface area (Å²) in [6.07, 6.45) is 12.7. The van der Waals surface area contributed by atoms with E-state index in [1.807, 2.05) is 0 Å². The standard InChI is InChI=1S/C20H37N3O3S2/c1-4-5-6-7-8-9-10-11-12-13-14-18(27)28-20(2,3)19(25)26-17(15-16-24)22-23-21/h17,24H,4-16H2,1-3H3. The molecular formula is C20H37N3O3S2. The molecule has 0 spiro atoms. The molecule has 0 aliphatic heterocycles. The number of thioether (sulfide) groups is 1. The first-order chi connectivity index (χ1) is 13.4. The van der Waals surface area contributed by atoms with E-state index in [1.54, 1.807) is 13.8 Å². The monoisotopic (exact) mass is 431 g/mol. The zero-order valence-corrected chi connectivity index (χ0v) is 19.3. The number of rotatable bonds is 17. The van der Waals surface area contributed by atoms with E-state index < -0.39 is 16.9 Å². The quantitative estimate of drug-likeness (QED) is 0.0690. The molecule has 0 aliphatic rings. The van der Waals surface area contributed by atoms with Crippen LogP contribution in [-0.2, 0) is 9.53 Å². The zero-order chi connectivity index (χ0) is 21.3. The Morgan fingerprint density at radius 3 is 2.18 bits per heavy atom. The maximum Gasteiger partial charge on any atom is 0.322 e. The summed E-state index contributed by atoms with van der Waals surface area (Å²) in [5.74, 6) is -0.492. The van der Waals surface area contributed by atoms with Gasteiger partial charge in [-0.2, -0.15) is 0 Å². The van der Waals surface area contributed by atoms with Crippen molar-refractivity contribution in [1.82, 2.24) is 0 Å². The van der Waals surface area contributed by atoms with E-state index in [9.17, 15) is 4.79 Å². The van der Waals surface area contributed by atoms with Crippen molar-refractivity contribution in [3.63, 3.8) is 0 Å². The van der Waals surface area contributed by atoms with Crippen LogP contribution in [0.15, 0.2) is 5.11 Å². The van der Waals surface area contributed by atoms with Crippen LogP contribution >= 0.6 is 24.0 Å². The van der Waals surface area contributed by atoms with E-state index in [0.717, 1.165) is 23.5 Å². The molecule has 0 aromatic carbocycles. The molecule has 6 nitrogen and oxygen atoms in total. The Kier molecular flexibility index (Phi) is 16.6. The Labute approximate surface area is 179 Å². The summed E-state index contributed by atoms with van der Waals surface area (Å²) in [6.45, 7) is 5.51. The van der Waals surface area contributed by atoms with E-state index in [-0.39, 0.29) is 13.0 Å². The molecule has 1 N–H and O–H groups in total. The number of unbranched alkanes of at least 4 members (excludes halogenated alkanes) is 9. The second kappa shape index (κ2) is 17.1. The van der Waals surface area contributed by atoms with Gasteiger partial charge >= 0.3 is 5.97 Å². The highest BCUT2D eigenvalue weighted by atomic mass is 32.2. The first-order valence-electron chi connectivity index (χ1n) is 10.4. The van der Waals surface area contributed by atoms with Crippen molar-refractivity contribution < 1.29 is 14.6 Å². The Bertz CT molecular complexity index is 495. The maximum absolute atomic E-state index is 12.3. The molecule has 1 unspecified atom stereocenters. The lowest BCUT2D eigenvalue weighted by atomic mass is 10.1. The smallest absolute Gasteiger partial charge is 0.322 e. The third-order valence-electron chi connectivity index (χ3n) is 4.39. The van der Waals surface area contributed by atoms with Gasteiger partial charge in [-0.1, -0.05) is 76.9 Å². The fraction of sp³-hybridized carbons (Fsp3) is 0.900. The summed E-state index contributed by atoms with van der Waals surface area (Å²) < 4.78 is 5.14. The highest BCUT2D eigenvalue weighted by Gasteiger charge is 2.33. The Morgan fingerprint density at radius 2 is 1.68 bits per heavy atom. The molecule has 1 atom stereocenters. The average molecular weight is 432 g/mol. The lowest BCUT2D eigenvalue weighted by molar-refractivity contribution is -0.151. The Hall–Kier alpha value is -0.820. The van der Waals surface area contributed by atoms with Gasteiger partial charge in [0.2, 0.25) is 0 Å². The lowest BCUT2D eigenvalue weighted by Gasteiger charge is -2.24. The summed E-state index contributed by atoms with van der Waals surface area (Å²) in [5.41, 5.74) is 8.51. The summed E-state index contributed by atoms with van der Waals surface area (Å²) in [6, 6.07) is 0. The van der Waals surface area contributed by atoms with Crippen molar-refractivity contribution in [2.45, 2.75) is 109 Å². The number of azide groups is 1. The summed E-state index contributed by atoms with van der Waals surface area (Å²) in [7, 11) is 0. The molecule has 28 heavy (non-hydrogen) atoms. The first-order valence-corrected chi connectivity index (χ1v) is 11.7. The van der Waals surface area contributed by atoms with Crippen molar-refractivity contribution >= 4 is 34.1 Å². The zero-order valence-electron chi connectivity index (χ0n) is 17.7. The van der Waals surface area contributed by atoms with Crippen LogP contribution in [0, 0.1) is 0 Å². The number of ether oxygens (including phenoxy) is 1. The molecule has 0 aromatic rings. The second-order valence-corrected chi connectivity index (χ2v) is 9.96. The summed E-state index contributed by atoms with van der Waals surface area (Å²) in [5, 5.41) is 12.3. The Balaban J connectivity index is 3.99. The third kappa shape index (κ3) is 14.2. The minimum atomic E-state index is -0.988. The van der Waals surface area contributed by atoms with E-state index in [0.29, 0.717) is 0 Å². The van der Waals surface area contributed by atoms with Gasteiger partial charge < -0.3 is 9.84 Å². The largest absolute Gasteiger partial charge is 0.455 e. The van der Waals surface area contributed by atoms with Crippen LogP contribution in [0.3, 0.4) is 0 Å². The fourth-order valence-corrected chi connectivity index (χ4v) is 4.42. The molecular weight excluding hydrogens is 394 g/mol. The number of carbonyl (C=O) groups excluding carboxylic acids is 1. The molecule has 0 aromatic heterocycles. The van der Waals surface area contributed by atoms with Crippen LogP contribution in [0.1, 0.15) is 97.8 Å². The number of thiocarbonyl (C=S) groups is 1. The number of aliphatic hydroxyl groups excluding tert-OH is 1. The number of nitrogens with zero attached hydrogens (tertiary/aromatic N) is 3. The van der Waals surface area contributed by atoms with E-state index >= 15 is 0 Å². The van der Waals surface area contributed by atoms with Crippen molar-refractivity contribution in [3.8, 4) is 0 Å². The van der Waals surface area contributed by atoms with Crippen LogP contribution in [0.4, 0.5) is 0 Å². The van der Waals surface area contributed by atoms with Gasteiger partial charge in [0.1, 0.15) is 4.75 Å². The van der Waals surface area contributed by atoms with Gasteiger partial charge in [0.05, 0.1) is 0 Å². The highest BCUT2D eigenvalue weighted by molar-refractivity contribution is 8.24. The topological polar surface area (TPSA) is 95.3 Å². The van der Waals surface area contributed by atoms with Gasteiger partial charge in [0, 0.05) is 22.1 Å². The molecule has 8 heteroatoms. The molecule has 0 aliphatic carbocycles. The normalized spacial score (nSPS) is 12.3. The van der Waals surface area contributed by atoms with Gasteiger partial charge in [-0.25, -0.2) is 0 Å². The minimum absolute atomic E-state index is 0.0829. The van der Waals surface area contributed by atoms with Gasteiger partial charge in [0.15, 0.2) is 6.23 Å². The highest BCUT2D eigenvalue weighted by Crippen LogP contribution is 2.30. The number of esters is 1. The molecule has 0 heterocycles. The molecule has 0 rings (SSSR count). The fourth-order valence-electron chi connectivity index (χ4n) is 2.71. The number of hydrogen-bond donors (Lipinski definition) is 1. The van der Waals surface area contributed by atoms with Crippen molar-refractivity contribution in [3.05, 3.63) is 10.4 Å². The van der Waals surface area contributed by atoms with Crippen molar-refractivity contribution in [2.24, 2.45) is 5.11 Å². The van der Waals surface area contributed by atoms with Crippen LogP contribution < -0.4 is 0 Å². The molecule has 0 fully saturated rings. The number of hydrogen-bond acceptors (Lipinski definition) is 6. The SMILES string of the molecule is CCCCCCCCCCCCC(=S)SC(C)(C)C(=O)OC(CCO)N=[N+]=[N-]. The van der Waals surface area contributed by atoms with Crippen LogP contribution in [0.2, 0.25) is 0 Å². The van der Waals surface area contributed by atoms with Crippen molar-refractivity contribution in [1.29, 1.82) is 0 Å². The summed E-state index contributed by atoms with van der Waals surface area (Å²) in [4.78, 5) is 15.0. The number of aliphatic hydroxyl groups is 1. The lowest BCUT2D eigenvalue weighted by Crippen LogP contribution is -2.34. The van der Waals surface area contributed by atoms with Crippen LogP contribution in [-0.4, -0.2) is 32.9 Å². The summed E-state index contributed by atoms with van der Waals surface area (Å²) >= 11 is 6.76. The molecule has 0 amide bonds. The molecule has 0 saturated carbocycles. The van der Waals surface area contributed by atoms with E-state index in [4.69, 9.17) is 27.6 Å². The predicted molar refractivity (Wildman–Crippen MR) is 121 cm³/mol. The van der Waals surface area contributed by atoms with Gasteiger partial charge in [-0.05, 0) is 37.3 Å². The van der Waals surface area contributed by atoms with E-state index in [2.05, 4.69) is 16.9 Å². The Morgan fingerprint density at radius 1 is 1.14 bits per heavy atom. The van der Waals surface area contributed by atoms with Crippen LogP contribution in [0.25, 0.3) is 10.4 Å².